The van der Waals surface area contributed by atoms with Gasteiger partial charge in [0.2, 0.25) is 0 Å². The second-order valence-corrected chi connectivity index (χ2v) is 6.42. The molecule has 6 heteroatoms. The van der Waals surface area contributed by atoms with Crippen LogP contribution in [-0.2, 0) is 0 Å². The van der Waals surface area contributed by atoms with Gasteiger partial charge in [-0.25, -0.2) is 0 Å². The van der Waals surface area contributed by atoms with E-state index in [1.54, 1.807) is 38.6 Å². The van der Waals surface area contributed by atoms with E-state index in [9.17, 15) is 4.79 Å². The molecular weight excluding hydrogens is 330 g/mol. The highest BCUT2D eigenvalue weighted by molar-refractivity contribution is 5.94. The molecule has 0 saturated carbocycles. The summed E-state index contributed by atoms with van der Waals surface area (Å²) >= 11 is 0. The first-order valence-corrected chi connectivity index (χ1v) is 8.86. The maximum Gasteiger partial charge on any atom is 0.251 e. The van der Waals surface area contributed by atoms with Crippen molar-refractivity contribution in [3.8, 4) is 11.5 Å². The van der Waals surface area contributed by atoms with Gasteiger partial charge in [0.1, 0.15) is 0 Å². The molecule has 0 aliphatic carbocycles. The van der Waals surface area contributed by atoms with Crippen molar-refractivity contribution in [2.45, 2.75) is 12.8 Å². The molecule has 1 saturated heterocycles. The van der Waals surface area contributed by atoms with Crippen LogP contribution >= 0.6 is 0 Å². The minimum atomic E-state index is -0.0827. The first-order chi connectivity index (χ1) is 12.7. The van der Waals surface area contributed by atoms with E-state index in [-0.39, 0.29) is 5.91 Å². The molecule has 0 radical (unpaired) electrons. The Balaban J connectivity index is 1.50. The third-order valence-corrected chi connectivity index (χ3v) is 4.82. The van der Waals surface area contributed by atoms with Gasteiger partial charge < -0.3 is 19.7 Å². The van der Waals surface area contributed by atoms with E-state index in [4.69, 9.17) is 9.47 Å². The molecule has 2 aromatic rings. The molecule has 26 heavy (non-hydrogen) atoms. The molecule has 0 unspecified atom stereocenters. The molecule has 2 heterocycles. The van der Waals surface area contributed by atoms with E-state index in [0.717, 1.165) is 25.9 Å². The van der Waals surface area contributed by atoms with Crippen molar-refractivity contribution < 1.29 is 14.3 Å². The third kappa shape index (κ3) is 4.25. The number of aromatic nitrogens is 1. The van der Waals surface area contributed by atoms with E-state index in [0.29, 0.717) is 29.5 Å². The number of anilines is 1. The number of piperidine rings is 1. The molecule has 1 aromatic carbocycles. The Morgan fingerprint density at radius 3 is 2.62 bits per heavy atom. The Morgan fingerprint density at radius 2 is 1.96 bits per heavy atom. The van der Waals surface area contributed by atoms with Gasteiger partial charge in [0.15, 0.2) is 11.5 Å². The van der Waals surface area contributed by atoms with Gasteiger partial charge in [-0.15, -0.1) is 0 Å². The van der Waals surface area contributed by atoms with Gasteiger partial charge >= 0.3 is 0 Å². The van der Waals surface area contributed by atoms with Crippen molar-refractivity contribution in [2.24, 2.45) is 5.92 Å². The van der Waals surface area contributed by atoms with Crippen LogP contribution < -0.4 is 19.7 Å². The molecule has 1 amide bonds. The molecule has 1 aliphatic heterocycles. The minimum absolute atomic E-state index is 0.0827. The van der Waals surface area contributed by atoms with Crippen molar-refractivity contribution in [3.05, 3.63) is 48.3 Å². The zero-order valence-corrected chi connectivity index (χ0v) is 15.3. The lowest BCUT2D eigenvalue weighted by molar-refractivity contribution is 0.0944. The van der Waals surface area contributed by atoms with Crippen LogP contribution in [0.15, 0.2) is 42.7 Å². The van der Waals surface area contributed by atoms with E-state index in [2.05, 4.69) is 21.3 Å². The lowest BCUT2D eigenvalue weighted by atomic mass is 9.96. The number of nitrogens with one attached hydrogen (secondary N) is 1. The fraction of sp³-hybridized carbons (Fsp3) is 0.400. The number of benzene rings is 1. The highest BCUT2D eigenvalue weighted by Gasteiger charge is 2.20. The number of pyridine rings is 1. The summed E-state index contributed by atoms with van der Waals surface area (Å²) in [5.74, 6) is 1.59. The lowest BCUT2D eigenvalue weighted by Gasteiger charge is -2.33. The van der Waals surface area contributed by atoms with Crippen molar-refractivity contribution in [1.29, 1.82) is 0 Å². The van der Waals surface area contributed by atoms with E-state index in [1.165, 1.54) is 5.69 Å². The molecule has 1 aromatic heterocycles. The Labute approximate surface area is 154 Å². The normalized spacial score (nSPS) is 14.8. The van der Waals surface area contributed by atoms with Crippen LogP contribution in [0.25, 0.3) is 0 Å². The highest BCUT2D eigenvalue weighted by Crippen LogP contribution is 2.27. The Bertz CT molecular complexity index is 728. The van der Waals surface area contributed by atoms with Crippen molar-refractivity contribution in [3.63, 3.8) is 0 Å². The quantitative estimate of drug-likeness (QED) is 0.863. The van der Waals surface area contributed by atoms with Crippen molar-refractivity contribution in [1.82, 2.24) is 10.3 Å². The molecule has 3 rings (SSSR count). The number of carbonyl (C=O) groups excluding carboxylic acids is 1. The predicted molar refractivity (Wildman–Crippen MR) is 101 cm³/mol. The second kappa shape index (κ2) is 8.56. The Kier molecular flexibility index (Phi) is 5.94. The van der Waals surface area contributed by atoms with Gasteiger partial charge in [0.05, 0.1) is 26.1 Å². The van der Waals surface area contributed by atoms with Gasteiger partial charge in [-0.2, -0.15) is 0 Å². The summed E-state index contributed by atoms with van der Waals surface area (Å²) in [5.41, 5.74) is 1.75. The predicted octanol–water partition coefficient (Wildman–Crippen LogP) is 2.75. The summed E-state index contributed by atoms with van der Waals surface area (Å²) in [7, 11) is 3.14. The molecule has 0 bridgehead atoms. The number of amides is 1. The van der Waals surface area contributed by atoms with Crippen LogP contribution in [0.1, 0.15) is 23.2 Å². The van der Waals surface area contributed by atoms with E-state index in [1.807, 2.05) is 12.3 Å². The number of rotatable bonds is 6. The number of hydrogen-bond acceptors (Lipinski definition) is 5. The largest absolute Gasteiger partial charge is 0.493 e. The average Bonchev–Trinajstić information content (AvgIpc) is 2.72. The Hall–Kier alpha value is -2.76. The number of methoxy groups -OCH3 is 2. The summed E-state index contributed by atoms with van der Waals surface area (Å²) in [5, 5.41) is 3.05. The zero-order chi connectivity index (χ0) is 18.4. The van der Waals surface area contributed by atoms with Gasteiger partial charge in [0.25, 0.3) is 5.91 Å². The maximum absolute atomic E-state index is 12.4. The van der Waals surface area contributed by atoms with Crippen LogP contribution in [0.5, 0.6) is 11.5 Å². The van der Waals surface area contributed by atoms with Crippen LogP contribution in [0.3, 0.4) is 0 Å². The highest BCUT2D eigenvalue weighted by atomic mass is 16.5. The van der Waals surface area contributed by atoms with Gasteiger partial charge in [0, 0.05) is 31.4 Å². The number of hydrogen-bond donors (Lipinski definition) is 1. The summed E-state index contributed by atoms with van der Waals surface area (Å²) in [4.78, 5) is 18.9. The molecular formula is C20H25N3O3. The fourth-order valence-corrected chi connectivity index (χ4v) is 3.25. The first-order valence-electron chi connectivity index (χ1n) is 8.86. The van der Waals surface area contributed by atoms with E-state index >= 15 is 0 Å². The molecule has 1 aliphatic rings. The van der Waals surface area contributed by atoms with Crippen LogP contribution in [0.4, 0.5) is 5.69 Å². The Morgan fingerprint density at radius 1 is 1.19 bits per heavy atom. The smallest absolute Gasteiger partial charge is 0.251 e. The number of nitrogens with zero attached hydrogens (tertiary/aromatic N) is 2. The molecule has 6 nitrogen and oxygen atoms in total. The number of ether oxygens (including phenoxy) is 2. The van der Waals surface area contributed by atoms with Crippen molar-refractivity contribution >= 4 is 11.6 Å². The monoisotopic (exact) mass is 355 g/mol. The summed E-state index contributed by atoms with van der Waals surface area (Å²) in [6.07, 6.45) is 5.81. The SMILES string of the molecule is COc1ccc(C(=O)NCC2CCN(c3cccnc3)CC2)cc1OC. The number of carbonyl (C=O) groups is 1. The lowest BCUT2D eigenvalue weighted by Crippen LogP contribution is -2.38. The van der Waals surface area contributed by atoms with E-state index < -0.39 is 0 Å². The molecule has 0 spiro atoms. The van der Waals surface area contributed by atoms with Gasteiger partial charge in [-0.05, 0) is 49.1 Å². The summed E-state index contributed by atoms with van der Waals surface area (Å²) in [6.45, 7) is 2.67. The van der Waals surface area contributed by atoms with Crippen LogP contribution in [0, 0.1) is 5.92 Å². The first kappa shape index (κ1) is 18.0. The topological polar surface area (TPSA) is 63.7 Å². The molecule has 138 valence electrons. The third-order valence-electron chi connectivity index (χ3n) is 4.82. The summed E-state index contributed by atoms with van der Waals surface area (Å²) in [6, 6.07) is 9.26. The molecule has 1 N–H and O–H groups in total. The average molecular weight is 355 g/mol. The van der Waals surface area contributed by atoms with Gasteiger partial charge in [-0.1, -0.05) is 0 Å². The standard InChI is InChI=1S/C20H25N3O3/c1-25-18-6-5-16(12-19(18)26-2)20(24)22-13-15-7-10-23(11-8-15)17-4-3-9-21-14-17/h3-6,9,12,14-15H,7-8,10-11,13H2,1-2H3,(H,22,24). The second-order valence-electron chi connectivity index (χ2n) is 6.42. The van der Waals surface area contributed by atoms with Gasteiger partial charge in [-0.3, -0.25) is 9.78 Å². The van der Waals surface area contributed by atoms with Crippen molar-refractivity contribution in [2.75, 3.05) is 38.8 Å². The maximum atomic E-state index is 12.4. The molecule has 1 fully saturated rings. The minimum Gasteiger partial charge on any atom is -0.493 e. The summed E-state index contributed by atoms with van der Waals surface area (Å²) < 4.78 is 10.5. The molecule has 0 atom stereocenters. The zero-order valence-electron chi connectivity index (χ0n) is 15.3. The van der Waals surface area contributed by atoms with Crippen LogP contribution in [0.2, 0.25) is 0 Å². The fourth-order valence-electron chi connectivity index (χ4n) is 3.25. The van der Waals surface area contributed by atoms with Crippen LogP contribution in [-0.4, -0.2) is 44.7 Å².